The molecule has 1 aromatic rings. The molecular weight excluding hydrogens is 276 g/mol. The Balaban J connectivity index is 1.84. The number of nitrogens with one attached hydrogen (secondary N) is 2. The summed E-state index contributed by atoms with van der Waals surface area (Å²) in [5.74, 6) is -2.12. The van der Waals surface area contributed by atoms with Gasteiger partial charge in [0.2, 0.25) is 5.91 Å². The van der Waals surface area contributed by atoms with Crippen LogP contribution in [-0.2, 0) is 14.4 Å². The molecule has 0 aliphatic carbocycles. The van der Waals surface area contributed by atoms with Crippen LogP contribution in [0.2, 0.25) is 0 Å². The number of carbonyl (C=O) groups excluding carboxylic acids is 2. The van der Waals surface area contributed by atoms with E-state index in [1.807, 2.05) is 6.07 Å². The SMILES string of the molecule is C[C@@H](C(=O)O)[C@H]1NC(=O)[C@@H]1NC(=O)COc1ccccc1. The Hall–Kier alpha value is -2.57. The van der Waals surface area contributed by atoms with Crippen LogP contribution >= 0.6 is 0 Å². The number of carboxylic acid groups (broad SMARTS) is 1. The van der Waals surface area contributed by atoms with E-state index in [1.165, 1.54) is 6.92 Å². The lowest BCUT2D eigenvalue weighted by Gasteiger charge is -2.39. The van der Waals surface area contributed by atoms with Crippen LogP contribution in [0.5, 0.6) is 5.75 Å². The molecule has 1 aromatic carbocycles. The number of hydrogen-bond donors (Lipinski definition) is 3. The van der Waals surface area contributed by atoms with Gasteiger partial charge in [0.05, 0.1) is 12.0 Å². The first-order chi connectivity index (χ1) is 9.99. The van der Waals surface area contributed by atoms with Gasteiger partial charge in [0.1, 0.15) is 11.8 Å². The zero-order valence-electron chi connectivity index (χ0n) is 11.4. The first-order valence-corrected chi connectivity index (χ1v) is 6.49. The molecule has 0 radical (unpaired) electrons. The van der Waals surface area contributed by atoms with Crippen molar-refractivity contribution in [3.8, 4) is 5.75 Å². The zero-order chi connectivity index (χ0) is 15.4. The highest BCUT2D eigenvalue weighted by molar-refractivity contribution is 5.95. The molecule has 3 atom stereocenters. The standard InChI is InChI=1S/C14H16N2O5/c1-8(14(19)20)11-12(13(18)16-11)15-10(17)7-21-9-5-3-2-4-6-9/h2-6,8,11-12H,7H2,1H3,(H,15,17)(H,16,18)(H,19,20)/t8-,11-,12-/m1/s1. The second-order valence-electron chi connectivity index (χ2n) is 4.81. The summed E-state index contributed by atoms with van der Waals surface area (Å²) >= 11 is 0. The number of β-lactam (4-membered cyclic amide) rings is 1. The van der Waals surface area contributed by atoms with Gasteiger partial charge in [-0.1, -0.05) is 18.2 Å². The van der Waals surface area contributed by atoms with Crippen molar-refractivity contribution >= 4 is 17.8 Å². The molecule has 0 bridgehead atoms. The van der Waals surface area contributed by atoms with Gasteiger partial charge in [0, 0.05) is 0 Å². The summed E-state index contributed by atoms with van der Waals surface area (Å²) in [6, 6.07) is 7.36. The van der Waals surface area contributed by atoms with E-state index in [2.05, 4.69) is 10.6 Å². The normalized spacial score (nSPS) is 21.7. The van der Waals surface area contributed by atoms with E-state index in [-0.39, 0.29) is 12.5 Å². The molecule has 1 saturated heterocycles. The number of benzene rings is 1. The van der Waals surface area contributed by atoms with Gasteiger partial charge in [-0.15, -0.1) is 0 Å². The second-order valence-corrected chi connectivity index (χ2v) is 4.81. The Morgan fingerprint density at radius 3 is 2.62 bits per heavy atom. The van der Waals surface area contributed by atoms with Gasteiger partial charge in [-0.3, -0.25) is 14.4 Å². The van der Waals surface area contributed by atoms with E-state index in [0.717, 1.165) is 0 Å². The van der Waals surface area contributed by atoms with Crippen LogP contribution in [-0.4, -0.2) is 41.6 Å². The van der Waals surface area contributed by atoms with Crippen LogP contribution in [0, 0.1) is 5.92 Å². The molecule has 7 heteroatoms. The van der Waals surface area contributed by atoms with Crippen LogP contribution in [0.1, 0.15) is 6.92 Å². The molecule has 1 fully saturated rings. The van der Waals surface area contributed by atoms with Crippen molar-refractivity contribution in [2.75, 3.05) is 6.61 Å². The zero-order valence-corrected chi connectivity index (χ0v) is 11.4. The average molecular weight is 292 g/mol. The van der Waals surface area contributed by atoms with E-state index in [1.54, 1.807) is 24.3 Å². The van der Waals surface area contributed by atoms with E-state index >= 15 is 0 Å². The lowest BCUT2D eigenvalue weighted by atomic mass is 9.87. The summed E-state index contributed by atoms with van der Waals surface area (Å²) in [4.78, 5) is 34.1. The summed E-state index contributed by atoms with van der Waals surface area (Å²) in [6.07, 6.45) is 0. The van der Waals surface area contributed by atoms with Crippen LogP contribution in [0.15, 0.2) is 30.3 Å². The minimum Gasteiger partial charge on any atom is -0.484 e. The number of para-hydroxylation sites is 1. The highest BCUT2D eigenvalue weighted by Gasteiger charge is 2.45. The quantitative estimate of drug-likeness (QED) is 0.628. The molecule has 1 heterocycles. The van der Waals surface area contributed by atoms with Crippen molar-refractivity contribution in [3.63, 3.8) is 0 Å². The van der Waals surface area contributed by atoms with E-state index in [0.29, 0.717) is 5.75 Å². The lowest BCUT2D eigenvalue weighted by molar-refractivity contribution is -0.148. The van der Waals surface area contributed by atoms with E-state index in [9.17, 15) is 14.4 Å². The summed E-state index contributed by atoms with van der Waals surface area (Å²) in [7, 11) is 0. The van der Waals surface area contributed by atoms with Gasteiger partial charge >= 0.3 is 5.97 Å². The monoisotopic (exact) mass is 292 g/mol. The molecule has 112 valence electrons. The summed E-state index contributed by atoms with van der Waals surface area (Å²) < 4.78 is 5.26. The van der Waals surface area contributed by atoms with Crippen molar-refractivity contribution in [1.82, 2.24) is 10.6 Å². The van der Waals surface area contributed by atoms with Crippen LogP contribution in [0.25, 0.3) is 0 Å². The third kappa shape index (κ3) is 3.50. The van der Waals surface area contributed by atoms with E-state index < -0.39 is 29.9 Å². The topological polar surface area (TPSA) is 105 Å². The molecule has 0 unspecified atom stereocenters. The molecule has 21 heavy (non-hydrogen) atoms. The first-order valence-electron chi connectivity index (χ1n) is 6.49. The highest BCUT2D eigenvalue weighted by atomic mass is 16.5. The largest absolute Gasteiger partial charge is 0.484 e. The Bertz CT molecular complexity index is 546. The van der Waals surface area contributed by atoms with Crippen LogP contribution < -0.4 is 15.4 Å². The maximum Gasteiger partial charge on any atom is 0.308 e. The number of rotatable bonds is 6. The molecule has 1 aliphatic heterocycles. The number of amides is 2. The van der Waals surface area contributed by atoms with Gasteiger partial charge < -0.3 is 20.5 Å². The molecule has 2 amide bonds. The average Bonchev–Trinajstić information content (AvgIpc) is 2.48. The molecule has 1 aliphatic rings. The first kappa shape index (κ1) is 14.8. The van der Waals surface area contributed by atoms with E-state index in [4.69, 9.17) is 9.84 Å². The molecule has 0 saturated carbocycles. The highest BCUT2D eigenvalue weighted by Crippen LogP contribution is 2.16. The minimum atomic E-state index is -1.03. The second kappa shape index (κ2) is 6.25. The van der Waals surface area contributed by atoms with Gasteiger partial charge in [-0.25, -0.2) is 0 Å². The van der Waals surface area contributed by atoms with Gasteiger partial charge in [-0.2, -0.15) is 0 Å². The molecule has 3 N–H and O–H groups in total. The van der Waals surface area contributed by atoms with Crippen molar-refractivity contribution in [1.29, 1.82) is 0 Å². The Morgan fingerprint density at radius 2 is 2.05 bits per heavy atom. The van der Waals surface area contributed by atoms with Crippen molar-refractivity contribution in [3.05, 3.63) is 30.3 Å². The Morgan fingerprint density at radius 1 is 1.38 bits per heavy atom. The maximum absolute atomic E-state index is 11.7. The molecule has 7 nitrogen and oxygen atoms in total. The number of aliphatic carboxylic acids is 1. The Kier molecular flexibility index (Phi) is 4.42. The van der Waals surface area contributed by atoms with Gasteiger partial charge in [0.15, 0.2) is 6.61 Å². The third-order valence-electron chi connectivity index (χ3n) is 3.31. The van der Waals surface area contributed by atoms with Gasteiger partial charge in [0.25, 0.3) is 5.91 Å². The number of carbonyl (C=O) groups is 3. The maximum atomic E-state index is 11.7. The predicted molar refractivity (Wildman–Crippen MR) is 72.6 cm³/mol. The number of ether oxygens (including phenoxy) is 1. The fourth-order valence-corrected chi connectivity index (χ4v) is 2.01. The lowest BCUT2D eigenvalue weighted by Crippen LogP contribution is -2.72. The summed E-state index contributed by atoms with van der Waals surface area (Å²) in [5.41, 5.74) is 0. The van der Waals surface area contributed by atoms with Crippen molar-refractivity contribution in [2.24, 2.45) is 5.92 Å². The number of hydrogen-bond acceptors (Lipinski definition) is 4. The third-order valence-corrected chi connectivity index (χ3v) is 3.31. The smallest absolute Gasteiger partial charge is 0.308 e. The molecule has 0 aromatic heterocycles. The van der Waals surface area contributed by atoms with Crippen LogP contribution in [0.3, 0.4) is 0 Å². The molecular formula is C14H16N2O5. The molecule has 0 spiro atoms. The van der Waals surface area contributed by atoms with Gasteiger partial charge in [-0.05, 0) is 19.1 Å². The molecule has 2 rings (SSSR count). The predicted octanol–water partition coefficient (Wildman–Crippen LogP) is -0.231. The summed E-state index contributed by atoms with van der Waals surface area (Å²) in [6.45, 7) is 1.24. The van der Waals surface area contributed by atoms with Crippen molar-refractivity contribution < 1.29 is 24.2 Å². The minimum absolute atomic E-state index is 0.234. The van der Waals surface area contributed by atoms with Crippen molar-refractivity contribution in [2.45, 2.75) is 19.0 Å². The Labute approximate surface area is 121 Å². The van der Waals surface area contributed by atoms with Crippen LogP contribution in [0.4, 0.5) is 0 Å². The summed E-state index contributed by atoms with van der Waals surface area (Å²) in [5, 5.41) is 13.9. The fraction of sp³-hybridized carbons (Fsp3) is 0.357. The fourth-order valence-electron chi connectivity index (χ4n) is 2.01. The number of carboxylic acids is 1.